The smallest absolute Gasteiger partial charge is 0.237 e. The predicted octanol–water partition coefficient (Wildman–Crippen LogP) is 4.08. The number of hydrogen-bond donors (Lipinski definition) is 0. The van der Waals surface area contributed by atoms with Gasteiger partial charge < -0.3 is 13.8 Å². The van der Waals surface area contributed by atoms with E-state index < -0.39 is 0 Å². The highest BCUT2D eigenvalue weighted by Crippen LogP contribution is 2.40. The molecule has 0 amide bonds. The van der Waals surface area contributed by atoms with Gasteiger partial charge >= 0.3 is 0 Å². The van der Waals surface area contributed by atoms with Crippen molar-refractivity contribution in [3.8, 4) is 17.1 Å². The Kier molecular flexibility index (Phi) is 5.24. The fraction of sp³-hybridized carbons (Fsp3) is 0.368. The minimum Gasteiger partial charge on any atom is -0.493 e. The summed E-state index contributed by atoms with van der Waals surface area (Å²) in [7, 11) is 0. The highest BCUT2D eigenvalue weighted by molar-refractivity contribution is 7.98. The molecule has 2 heterocycles. The molecule has 1 aromatic carbocycles. The van der Waals surface area contributed by atoms with E-state index in [1.54, 1.807) is 11.8 Å². The summed E-state index contributed by atoms with van der Waals surface area (Å²) >= 11 is 1.54. The Hall–Kier alpha value is -2.61. The van der Waals surface area contributed by atoms with Crippen molar-refractivity contribution in [1.82, 2.24) is 24.9 Å². The molecule has 1 saturated carbocycles. The molecule has 3 aromatic rings. The number of ether oxygens (including phenoxy) is 1. The molecule has 1 aliphatic rings. The highest BCUT2D eigenvalue weighted by atomic mass is 32.2. The quantitative estimate of drug-likeness (QED) is 0.407. The average molecular weight is 383 g/mol. The number of nitrogens with zero attached hydrogens (tertiary/aromatic N) is 5. The van der Waals surface area contributed by atoms with Crippen LogP contribution in [0.25, 0.3) is 11.4 Å². The molecule has 140 valence electrons. The molecule has 0 atom stereocenters. The molecule has 1 aliphatic carbocycles. The third kappa shape index (κ3) is 3.90. The van der Waals surface area contributed by atoms with Gasteiger partial charge in [-0.1, -0.05) is 35.1 Å². The minimum absolute atomic E-state index is 0.529. The van der Waals surface area contributed by atoms with Gasteiger partial charge in [0.05, 0.1) is 17.9 Å². The van der Waals surface area contributed by atoms with E-state index in [-0.39, 0.29) is 0 Å². The van der Waals surface area contributed by atoms with E-state index in [2.05, 4.69) is 31.5 Å². The molecule has 2 aromatic heterocycles. The Morgan fingerprint density at radius 1 is 1.33 bits per heavy atom. The lowest BCUT2D eigenvalue weighted by Crippen LogP contribution is -2.02. The summed E-state index contributed by atoms with van der Waals surface area (Å²) in [5, 5.41) is 13.6. The van der Waals surface area contributed by atoms with Crippen LogP contribution >= 0.6 is 11.8 Å². The monoisotopic (exact) mass is 383 g/mol. The van der Waals surface area contributed by atoms with Crippen molar-refractivity contribution in [3.63, 3.8) is 0 Å². The van der Waals surface area contributed by atoms with E-state index in [0.29, 0.717) is 36.5 Å². The second kappa shape index (κ2) is 7.96. The second-order valence-electron chi connectivity index (χ2n) is 6.24. The molecule has 0 unspecified atom stereocenters. The van der Waals surface area contributed by atoms with Gasteiger partial charge in [-0.25, -0.2) is 0 Å². The molecule has 8 heteroatoms. The Morgan fingerprint density at radius 2 is 2.19 bits per heavy atom. The molecule has 0 saturated heterocycles. The number of benzene rings is 1. The summed E-state index contributed by atoms with van der Waals surface area (Å²) in [6, 6.07) is 7.69. The SMILES string of the molecule is C=CCn1c(SCc2nc(-c3ccccc3OCC)no2)nnc1C1CC1. The number of rotatable bonds is 9. The molecular weight excluding hydrogens is 362 g/mol. The summed E-state index contributed by atoms with van der Waals surface area (Å²) in [5.74, 6) is 3.94. The normalized spacial score (nSPS) is 13.7. The van der Waals surface area contributed by atoms with Crippen LogP contribution < -0.4 is 4.74 Å². The largest absolute Gasteiger partial charge is 0.493 e. The maximum absolute atomic E-state index is 5.65. The zero-order valence-electron chi connectivity index (χ0n) is 15.2. The predicted molar refractivity (Wildman–Crippen MR) is 103 cm³/mol. The van der Waals surface area contributed by atoms with Gasteiger partial charge in [0.1, 0.15) is 11.6 Å². The molecule has 27 heavy (non-hydrogen) atoms. The number of para-hydroxylation sites is 1. The standard InChI is InChI=1S/C19H21N5O2S/c1-3-11-24-18(13-9-10-13)21-22-19(24)27-12-16-20-17(23-26-16)14-7-5-6-8-15(14)25-4-2/h3,5-8,13H,1,4,9-12H2,2H3. The van der Waals surface area contributed by atoms with Crippen molar-refractivity contribution in [2.45, 2.75) is 43.1 Å². The van der Waals surface area contributed by atoms with Crippen LogP contribution in [-0.4, -0.2) is 31.5 Å². The van der Waals surface area contributed by atoms with Crippen LogP contribution in [0.2, 0.25) is 0 Å². The molecule has 4 rings (SSSR count). The van der Waals surface area contributed by atoms with Gasteiger partial charge in [-0.3, -0.25) is 0 Å². The number of thioether (sulfide) groups is 1. The lowest BCUT2D eigenvalue weighted by atomic mass is 10.2. The van der Waals surface area contributed by atoms with E-state index in [1.165, 1.54) is 12.8 Å². The molecule has 0 N–H and O–H groups in total. The molecule has 1 fully saturated rings. The Morgan fingerprint density at radius 3 is 2.96 bits per heavy atom. The summed E-state index contributed by atoms with van der Waals surface area (Å²) in [6.07, 6.45) is 4.24. The first-order valence-electron chi connectivity index (χ1n) is 9.01. The molecule has 0 aliphatic heterocycles. The maximum atomic E-state index is 5.65. The van der Waals surface area contributed by atoms with Crippen LogP contribution in [0.4, 0.5) is 0 Å². The van der Waals surface area contributed by atoms with Crippen molar-refractivity contribution in [2.75, 3.05) is 6.61 Å². The first-order valence-corrected chi connectivity index (χ1v) is 10.00. The number of hydrogen-bond acceptors (Lipinski definition) is 7. The van der Waals surface area contributed by atoms with Crippen LogP contribution in [0.1, 0.15) is 37.4 Å². The zero-order chi connectivity index (χ0) is 18.6. The topological polar surface area (TPSA) is 78.9 Å². The van der Waals surface area contributed by atoms with Crippen molar-refractivity contribution in [2.24, 2.45) is 0 Å². The van der Waals surface area contributed by atoms with Crippen LogP contribution in [0.15, 0.2) is 46.6 Å². The van der Waals surface area contributed by atoms with Gasteiger partial charge in [0.25, 0.3) is 0 Å². The molecule has 0 spiro atoms. The Labute approximate surface area is 161 Å². The maximum Gasteiger partial charge on any atom is 0.237 e. The van der Waals surface area contributed by atoms with Gasteiger partial charge in [-0.05, 0) is 31.9 Å². The Balaban J connectivity index is 1.49. The summed E-state index contributed by atoms with van der Waals surface area (Å²) in [6.45, 7) is 7.08. The van der Waals surface area contributed by atoms with E-state index in [0.717, 1.165) is 22.3 Å². The first kappa shape index (κ1) is 17.8. The van der Waals surface area contributed by atoms with E-state index in [1.807, 2.05) is 37.3 Å². The summed E-state index contributed by atoms with van der Waals surface area (Å²) in [4.78, 5) is 4.51. The zero-order valence-corrected chi connectivity index (χ0v) is 16.0. The van der Waals surface area contributed by atoms with Crippen LogP contribution in [0, 0.1) is 0 Å². The fourth-order valence-corrected chi connectivity index (χ4v) is 3.63. The van der Waals surface area contributed by atoms with E-state index in [9.17, 15) is 0 Å². The molecule has 0 radical (unpaired) electrons. The van der Waals surface area contributed by atoms with Crippen molar-refractivity contribution >= 4 is 11.8 Å². The van der Waals surface area contributed by atoms with Crippen LogP contribution in [0.3, 0.4) is 0 Å². The lowest BCUT2D eigenvalue weighted by Gasteiger charge is -2.06. The third-order valence-electron chi connectivity index (χ3n) is 4.22. The van der Waals surface area contributed by atoms with Crippen LogP contribution in [-0.2, 0) is 12.3 Å². The summed E-state index contributed by atoms with van der Waals surface area (Å²) < 4.78 is 13.2. The van der Waals surface area contributed by atoms with Crippen molar-refractivity contribution in [1.29, 1.82) is 0 Å². The molecular formula is C19H21N5O2S. The van der Waals surface area contributed by atoms with Crippen molar-refractivity contribution in [3.05, 3.63) is 48.6 Å². The van der Waals surface area contributed by atoms with Gasteiger partial charge in [0, 0.05) is 12.5 Å². The van der Waals surface area contributed by atoms with Gasteiger partial charge in [-0.2, -0.15) is 4.98 Å². The van der Waals surface area contributed by atoms with Gasteiger partial charge in [-0.15, -0.1) is 16.8 Å². The first-order chi connectivity index (χ1) is 13.3. The lowest BCUT2D eigenvalue weighted by molar-refractivity contribution is 0.341. The van der Waals surface area contributed by atoms with Gasteiger partial charge in [0.15, 0.2) is 5.16 Å². The van der Waals surface area contributed by atoms with E-state index in [4.69, 9.17) is 9.26 Å². The van der Waals surface area contributed by atoms with E-state index >= 15 is 0 Å². The third-order valence-corrected chi connectivity index (χ3v) is 5.17. The van der Waals surface area contributed by atoms with Crippen LogP contribution in [0.5, 0.6) is 5.75 Å². The number of aromatic nitrogens is 5. The fourth-order valence-electron chi connectivity index (χ4n) is 2.83. The van der Waals surface area contributed by atoms with Crippen molar-refractivity contribution < 1.29 is 9.26 Å². The Bertz CT molecular complexity index is 932. The van der Waals surface area contributed by atoms with Gasteiger partial charge in [0.2, 0.25) is 11.7 Å². The molecule has 7 nitrogen and oxygen atoms in total. The molecule has 0 bridgehead atoms. The highest BCUT2D eigenvalue weighted by Gasteiger charge is 2.30. The minimum atomic E-state index is 0.529. The number of allylic oxidation sites excluding steroid dienone is 1. The summed E-state index contributed by atoms with van der Waals surface area (Å²) in [5.41, 5.74) is 0.824. The second-order valence-corrected chi connectivity index (χ2v) is 7.19. The average Bonchev–Trinajstić information content (AvgIpc) is 3.28.